The lowest BCUT2D eigenvalue weighted by molar-refractivity contribution is 0.0852. The number of benzene rings is 2. The molecule has 0 unspecified atom stereocenters. The van der Waals surface area contributed by atoms with Crippen molar-refractivity contribution in [2.75, 3.05) is 14.2 Å². The molecule has 0 N–H and O–H groups in total. The van der Waals surface area contributed by atoms with Gasteiger partial charge in [0.25, 0.3) is 0 Å². The van der Waals surface area contributed by atoms with Crippen LogP contribution in [0.4, 0.5) is 0 Å². The van der Waals surface area contributed by atoms with E-state index in [0.29, 0.717) is 0 Å². The Morgan fingerprint density at radius 2 is 1.52 bits per heavy atom. The Kier molecular flexibility index (Phi) is 5.89. The van der Waals surface area contributed by atoms with Crippen molar-refractivity contribution >= 4 is 11.3 Å². The Morgan fingerprint density at radius 1 is 0.871 bits per heavy atom. The van der Waals surface area contributed by atoms with Gasteiger partial charge in [0, 0.05) is 9.75 Å². The summed E-state index contributed by atoms with van der Waals surface area (Å²) in [6.45, 7) is 8.35. The number of fused-ring (bicyclic) bond motifs is 1. The highest BCUT2D eigenvalue weighted by atomic mass is 32.1. The number of thiophene rings is 1. The van der Waals surface area contributed by atoms with Gasteiger partial charge in [-0.25, -0.2) is 0 Å². The Hall–Kier alpha value is -2.66. The summed E-state index contributed by atoms with van der Waals surface area (Å²) in [6, 6.07) is 14.3. The molecule has 0 fully saturated rings. The summed E-state index contributed by atoms with van der Waals surface area (Å²) in [5.74, 6) is 3.37. The van der Waals surface area contributed by atoms with Gasteiger partial charge in [-0.1, -0.05) is 12.1 Å². The molecule has 0 radical (unpaired) electrons. The van der Waals surface area contributed by atoms with E-state index in [0.717, 1.165) is 56.7 Å². The number of rotatable bonds is 6. The van der Waals surface area contributed by atoms with Gasteiger partial charge in [-0.2, -0.15) is 0 Å². The summed E-state index contributed by atoms with van der Waals surface area (Å²) in [5, 5.41) is 0. The van der Waals surface area contributed by atoms with Crippen molar-refractivity contribution in [2.45, 2.75) is 52.2 Å². The summed E-state index contributed by atoms with van der Waals surface area (Å²) < 4.78 is 24.0. The van der Waals surface area contributed by atoms with E-state index in [2.05, 4.69) is 32.0 Å². The molecule has 0 bridgehead atoms. The summed E-state index contributed by atoms with van der Waals surface area (Å²) in [5.41, 5.74) is 3.02. The first-order valence-electron chi connectivity index (χ1n) is 10.7. The van der Waals surface area contributed by atoms with Gasteiger partial charge in [-0.3, -0.25) is 0 Å². The second-order valence-electron chi connectivity index (χ2n) is 8.66. The maximum atomic E-state index is 6.46. The molecule has 0 atom stereocenters. The fourth-order valence-electron chi connectivity index (χ4n) is 3.97. The maximum Gasteiger partial charge on any atom is 0.135 e. The first-order valence-corrected chi connectivity index (χ1v) is 11.5. The van der Waals surface area contributed by atoms with Crippen molar-refractivity contribution in [2.24, 2.45) is 0 Å². The van der Waals surface area contributed by atoms with E-state index >= 15 is 0 Å². The van der Waals surface area contributed by atoms with Crippen molar-refractivity contribution < 1.29 is 18.9 Å². The largest absolute Gasteiger partial charge is 0.496 e. The molecule has 0 amide bonds. The molecule has 4 nitrogen and oxygen atoms in total. The van der Waals surface area contributed by atoms with Gasteiger partial charge >= 0.3 is 0 Å². The number of hydrogen-bond donors (Lipinski definition) is 0. The van der Waals surface area contributed by atoms with Crippen molar-refractivity contribution in [3.63, 3.8) is 0 Å². The lowest BCUT2D eigenvalue weighted by Crippen LogP contribution is -2.32. The molecule has 3 aromatic rings. The van der Waals surface area contributed by atoms with E-state index in [4.69, 9.17) is 18.9 Å². The normalized spacial score (nSPS) is 14.7. The van der Waals surface area contributed by atoms with Crippen LogP contribution in [0.15, 0.2) is 42.5 Å². The summed E-state index contributed by atoms with van der Waals surface area (Å²) in [7, 11) is 3.40. The Bertz CT molecular complexity index is 1080. The minimum absolute atomic E-state index is 0.0714. The van der Waals surface area contributed by atoms with E-state index in [9.17, 15) is 0 Å². The van der Waals surface area contributed by atoms with E-state index < -0.39 is 0 Å². The predicted molar refractivity (Wildman–Crippen MR) is 127 cm³/mol. The second-order valence-corrected chi connectivity index (χ2v) is 9.74. The number of hydrogen-bond acceptors (Lipinski definition) is 5. The Balaban J connectivity index is 1.85. The third-order valence-electron chi connectivity index (χ3n) is 5.47. The molecule has 2 aromatic carbocycles. The molecule has 0 aliphatic carbocycles. The predicted octanol–water partition coefficient (Wildman–Crippen LogP) is 6.99. The minimum atomic E-state index is -0.199. The maximum absolute atomic E-state index is 6.46. The van der Waals surface area contributed by atoms with Gasteiger partial charge in [0.05, 0.1) is 31.5 Å². The molecule has 164 valence electrons. The van der Waals surface area contributed by atoms with Crippen LogP contribution < -0.4 is 18.9 Å². The molecule has 1 aliphatic heterocycles. The minimum Gasteiger partial charge on any atom is -0.496 e. The first-order chi connectivity index (χ1) is 14.8. The van der Waals surface area contributed by atoms with Crippen molar-refractivity contribution in [1.82, 2.24) is 0 Å². The quantitative estimate of drug-likeness (QED) is 0.416. The molecule has 0 spiro atoms. The van der Waals surface area contributed by atoms with Gasteiger partial charge in [-0.05, 0) is 76.4 Å². The zero-order valence-corrected chi connectivity index (χ0v) is 19.9. The van der Waals surface area contributed by atoms with Crippen LogP contribution in [0, 0.1) is 0 Å². The van der Waals surface area contributed by atoms with Crippen LogP contribution in [-0.4, -0.2) is 25.9 Å². The van der Waals surface area contributed by atoms with Gasteiger partial charge in [-0.15, -0.1) is 11.3 Å². The highest BCUT2D eigenvalue weighted by Gasteiger charge is 2.31. The average Bonchev–Trinajstić information content (AvgIpc) is 3.20. The summed E-state index contributed by atoms with van der Waals surface area (Å²) >= 11 is 1.69. The number of methoxy groups -OCH3 is 2. The molecule has 0 saturated carbocycles. The fraction of sp³-hybridized carbons (Fsp3) is 0.385. The number of aryl methyl sites for hydroxylation is 1. The Morgan fingerprint density at radius 3 is 2.19 bits per heavy atom. The van der Waals surface area contributed by atoms with Crippen molar-refractivity contribution in [3.8, 4) is 43.9 Å². The van der Waals surface area contributed by atoms with Gasteiger partial charge < -0.3 is 18.9 Å². The first kappa shape index (κ1) is 21.6. The van der Waals surface area contributed by atoms with Crippen LogP contribution in [0.2, 0.25) is 0 Å². The van der Waals surface area contributed by atoms with Crippen LogP contribution in [-0.2, 0) is 6.42 Å². The highest BCUT2D eigenvalue weighted by Crippen LogP contribution is 2.50. The molecule has 4 rings (SSSR count). The molecule has 5 heteroatoms. The molecular formula is C26H30O4S. The van der Waals surface area contributed by atoms with Gasteiger partial charge in [0.2, 0.25) is 0 Å². The SMILES string of the molecule is COc1cccc(OC(C)C)c1-c1ccc(-c2c(OC)ccc3c2OC(C)(C)CC3)s1. The molecular weight excluding hydrogens is 408 g/mol. The smallest absolute Gasteiger partial charge is 0.135 e. The summed E-state index contributed by atoms with van der Waals surface area (Å²) in [4.78, 5) is 2.18. The lowest BCUT2D eigenvalue weighted by atomic mass is 9.92. The number of ether oxygens (including phenoxy) is 4. The van der Waals surface area contributed by atoms with Gasteiger partial charge in [0.1, 0.15) is 28.6 Å². The van der Waals surface area contributed by atoms with Crippen LogP contribution >= 0.6 is 11.3 Å². The summed E-state index contributed by atoms with van der Waals surface area (Å²) in [6.07, 6.45) is 2.07. The van der Waals surface area contributed by atoms with Gasteiger partial charge in [0.15, 0.2) is 0 Å². The van der Waals surface area contributed by atoms with Crippen molar-refractivity contribution in [3.05, 3.63) is 48.0 Å². The zero-order chi connectivity index (χ0) is 22.2. The molecule has 31 heavy (non-hydrogen) atoms. The van der Waals surface area contributed by atoms with Crippen molar-refractivity contribution in [1.29, 1.82) is 0 Å². The van der Waals surface area contributed by atoms with Crippen LogP contribution in [0.25, 0.3) is 20.9 Å². The molecule has 1 aromatic heterocycles. The van der Waals surface area contributed by atoms with E-state index in [-0.39, 0.29) is 11.7 Å². The Labute approximate surface area is 188 Å². The lowest BCUT2D eigenvalue weighted by Gasteiger charge is -2.34. The van der Waals surface area contributed by atoms with Crippen LogP contribution in [0.1, 0.15) is 39.7 Å². The fourth-order valence-corrected chi connectivity index (χ4v) is 5.08. The van der Waals surface area contributed by atoms with E-state index in [1.807, 2.05) is 38.1 Å². The monoisotopic (exact) mass is 438 g/mol. The topological polar surface area (TPSA) is 36.9 Å². The average molecular weight is 439 g/mol. The molecule has 1 aliphatic rings. The standard InChI is InChI=1S/C26H30O4S/c1-16(2)29-20-9-7-8-18(27-5)23(20)21-12-13-22(31-21)24-19(28-6)11-10-17-14-15-26(3,4)30-25(17)24/h7-13,16H,14-15H2,1-6H3. The van der Waals surface area contributed by atoms with Crippen LogP contribution in [0.5, 0.6) is 23.0 Å². The van der Waals surface area contributed by atoms with E-state index in [1.54, 1.807) is 25.6 Å². The molecule has 0 saturated heterocycles. The second kappa shape index (κ2) is 8.46. The van der Waals surface area contributed by atoms with E-state index in [1.165, 1.54) is 5.56 Å². The van der Waals surface area contributed by atoms with Crippen LogP contribution in [0.3, 0.4) is 0 Å². The third kappa shape index (κ3) is 4.24. The zero-order valence-electron chi connectivity index (χ0n) is 19.1. The molecule has 2 heterocycles. The third-order valence-corrected chi connectivity index (χ3v) is 6.59. The highest BCUT2D eigenvalue weighted by molar-refractivity contribution is 7.19.